The van der Waals surface area contributed by atoms with Crippen molar-refractivity contribution in [3.63, 3.8) is 0 Å². The summed E-state index contributed by atoms with van der Waals surface area (Å²) in [5.74, 6) is 0.754. The Morgan fingerprint density at radius 3 is 2.82 bits per heavy atom. The Hall–Kier alpha value is -1.58. The molecule has 114 valence electrons. The van der Waals surface area contributed by atoms with E-state index in [2.05, 4.69) is 23.5 Å². The summed E-state index contributed by atoms with van der Waals surface area (Å²) in [6.45, 7) is 1.59. The van der Waals surface area contributed by atoms with Crippen LogP contribution in [0.15, 0.2) is 47.3 Å². The summed E-state index contributed by atoms with van der Waals surface area (Å²) in [6.07, 6.45) is 1.77. The topological polar surface area (TPSA) is 34.0 Å². The van der Waals surface area contributed by atoms with Crippen LogP contribution in [0, 0.1) is 5.92 Å². The monoisotopic (exact) mass is 314 g/mol. The van der Waals surface area contributed by atoms with E-state index < -0.39 is 0 Å². The van der Waals surface area contributed by atoms with Crippen LogP contribution >= 0.6 is 11.6 Å². The van der Waals surface area contributed by atoms with Crippen LogP contribution in [0.1, 0.15) is 29.2 Å². The highest BCUT2D eigenvalue weighted by atomic mass is 35.5. The normalized spacial score (nSPS) is 26.5. The largest absolute Gasteiger partial charge is 0.312 e. The van der Waals surface area contributed by atoms with Crippen molar-refractivity contribution in [3.05, 3.63) is 69.6 Å². The van der Waals surface area contributed by atoms with E-state index in [4.69, 9.17) is 11.6 Å². The van der Waals surface area contributed by atoms with E-state index in [1.165, 1.54) is 5.56 Å². The lowest BCUT2D eigenvalue weighted by Crippen LogP contribution is -2.49. The average molecular weight is 315 g/mol. The second kappa shape index (κ2) is 5.56. The number of hydrogen-bond acceptors (Lipinski definition) is 2. The second-order valence-corrected chi connectivity index (χ2v) is 6.83. The minimum absolute atomic E-state index is 0.0194. The summed E-state index contributed by atoms with van der Waals surface area (Å²) < 4.78 is 1.97. The zero-order chi connectivity index (χ0) is 15.1. The first-order valence-electron chi connectivity index (χ1n) is 7.86. The molecule has 1 fully saturated rings. The van der Waals surface area contributed by atoms with Gasteiger partial charge in [0.05, 0.1) is 5.50 Å². The van der Waals surface area contributed by atoms with Gasteiger partial charge < -0.3 is 9.88 Å². The zero-order valence-electron chi connectivity index (χ0n) is 12.3. The van der Waals surface area contributed by atoms with Gasteiger partial charge in [0.15, 0.2) is 0 Å². The van der Waals surface area contributed by atoms with Gasteiger partial charge in [-0.05, 0) is 18.1 Å². The number of benzene rings is 1. The van der Waals surface area contributed by atoms with Gasteiger partial charge in [0, 0.05) is 42.6 Å². The molecule has 0 radical (unpaired) electrons. The molecular weight excluding hydrogens is 296 g/mol. The SMILES string of the molecule is O=c1c(Cc2ccccc2)ccc2n1C[C@H]1C[C@@H]2CNC1Cl. The molecule has 4 rings (SSSR count). The van der Waals surface area contributed by atoms with Crippen LogP contribution in [0.4, 0.5) is 0 Å². The van der Waals surface area contributed by atoms with Gasteiger partial charge in [0.25, 0.3) is 5.56 Å². The van der Waals surface area contributed by atoms with Crippen LogP contribution in [0.5, 0.6) is 0 Å². The average Bonchev–Trinajstić information content (AvgIpc) is 2.55. The molecule has 3 atom stereocenters. The minimum atomic E-state index is -0.0194. The summed E-state index contributed by atoms with van der Waals surface area (Å²) in [5, 5.41) is 3.35. The van der Waals surface area contributed by atoms with Crippen molar-refractivity contribution in [2.75, 3.05) is 6.54 Å². The molecule has 1 unspecified atom stereocenters. The third-order valence-corrected chi connectivity index (χ3v) is 5.43. The molecule has 1 aromatic heterocycles. The Kier molecular flexibility index (Phi) is 3.55. The highest BCUT2D eigenvalue weighted by molar-refractivity contribution is 6.20. The first-order chi connectivity index (χ1) is 10.7. The van der Waals surface area contributed by atoms with Gasteiger partial charge in [-0.3, -0.25) is 4.79 Å². The Bertz CT molecular complexity index is 740. The van der Waals surface area contributed by atoms with Crippen molar-refractivity contribution in [2.45, 2.75) is 30.8 Å². The van der Waals surface area contributed by atoms with Gasteiger partial charge in [-0.2, -0.15) is 0 Å². The van der Waals surface area contributed by atoms with Crippen molar-refractivity contribution >= 4 is 11.6 Å². The van der Waals surface area contributed by atoms with Crippen molar-refractivity contribution in [3.8, 4) is 0 Å². The smallest absolute Gasteiger partial charge is 0.254 e. The molecule has 0 aliphatic carbocycles. The molecule has 3 heterocycles. The van der Waals surface area contributed by atoms with Crippen molar-refractivity contribution in [1.29, 1.82) is 0 Å². The highest BCUT2D eigenvalue weighted by Crippen LogP contribution is 2.35. The maximum absolute atomic E-state index is 12.9. The van der Waals surface area contributed by atoms with E-state index in [1.807, 2.05) is 28.8 Å². The molecule has 2 aliphatic heterocycles. The Balaban J connectivity index is 1.71. The zero-order valence-corrected chi connectivity index (χ0v) is 13.1. The summed E-state index contributed by atoms with van der Waals surface area (Å²) >= 11 is 6.34. The number of pyridine rings is 1. The molecule has 3 nitrogen and oxygen atoms in total. The van der Waals surface area contributed by atoms with E-state index in [0.717, 1.165) is 30.8 Å². The van der Waals surface area contributed by atoms with Crippen LogP contribution in [-0.2, 0) is 13.0 Å². The lowest BCUT2D eigenvalue weighted by atomic mass is 9.83. The van der Waals surface area contributed by atoms with Crippen LogP contribution < -0.4 is 10.9 Å². The lowest BCUT2D eigenvalue weighted by Gasteiger charge is -2.40. The molecule has 0 spiro atoms. The summed E-state index contributed by atoms with van der Waals surface area (Å²) in [5.41, 5.74) is 3.34. The van der Waals surface area contributed by atoms with Gasteiger partial charge in [0.1, 0.15) is 0 Å². The van der Waals surface area contributed by atoms with E-state index in [-0.39, 0.29) is 11.1 Å². The molecule has 1 aromatic carbocycles. The number of piperidine rings is 1. The first-order valence-corrected chi connectivity index (χ1v) is 8.30. The molecular formula is C18H19ClN2O. The highest BCUT2D eigenvalue weighted by Gasteiger charge is 2.36. The lowest BCUT2D eigenvalue weighted by molar-refractivity contribution is 0.236. The number of halogens is 1. The number of hydrogen-bond donors (Lipinski definition) is 1. The van der Waals surface area contributed by atoms with Gasteiger partial charge in [-0.25, -0.2) is 0 Å². The first kappa shape index (κ1) is 14.0. The maximum atomic E-state index is 12.9. The molecule has 4 heteroatoms. The van der Waals surface area contributed by atoms with Gasteiger partial charge in [0.2, 0.25) is 0 Å². The van der Waals surface area contributed by atoms with Crippen molar-refractivity contribution in [2.24, 2.45) is 5.92 Å². The van der Waals surface area contributed by atoms with E-state index in [9.17, 15) is 4.79 Å². The summed E-state index contributed by atoms with van der Waals surface area (Å²) in [4.78, 5) is 12.9. The third kappa shape index (κ3) is 2.38. The standard InChI is InChI=1S/C18H19ClN2O/c19-17-15-9-14(10-20-17)16-7-6-13(18(22)21(16)11-15)8-12-4-2-1-3-5-12/h1-7,14-15,17,20H,8-11H2/t14-,15-,17?/m1/s1. The van der Waals surface area contributed by atoms with Crippen molar-refractivity contribution in [1.82, 2.24) is 9.88 Å². The molecule has 1 saturated heterocycles. The second-order valence-electron chi connectivity index (χ2n) is 6.36. The summed E-state index contributed by atoms with van der Waals surface area (Å²) in [7, 11) is 0. The number of nitrogens with zero attached hydrogens (tertiary/aromatic N) is 1. The number of alkyl halides is 1. The van der Waals surface area contributed by atoms with Crippen molar-refractivity contribution < 1.29 is 0 Å². The Morgan fingerprint density at radius 2 is 2.00 bits per heavy atom. The van der Waals surface area contributed by atoms with Gasteiger partial charge in [-0.1, -0.05) is 36.4 Å². The minimum Gasteiger partial charge on any atom is -0.312 e. The van der Waals surface area contributed by atoms with Crippen LogP contribution in [-0.4, -0.2) is 16.6 Å². The number of aromatic nitrogens is 1. The predicted molar refractivity (Wildman–Crippen MR) is 88.4 cm³/mol. The molecule has 1 N–H and O–H groups in total. The molecule has 22 heavy (non-hydrogen) atoms. The number of nitrogens with one attached hydrogen (secondary N) is 1. The van der Waals surface area contributed by atoms with E-state index in [1.54, 1.807) is 0 Å². The molecule has 2 aliphatic rings. The third-order valence-electron chi connectivity index (χ3n) is 4.92. The fourth-order valence-electron chi connectivity index (χ4n) is 3.75. The molecule has 0 amide bonds. The van der Waals surface area contributed by atoms with Crippen LogP contribution in [0.2, 0.25) is 0 Å². The molecule has 2 bridgehead atoms. The summed E-state index contributed by atoms with van der Waals surface area (Å²) in [6, 6.07) is 14.3. The van der Waals surface area contributed by atoms with E-state index in [0.29, 0.717) is 18.3 Å². The maximum Gasteiger partial charge on any atom is 0.254 e. The predicted octanol–water partition coefficient (Wildman–Crippen LogP) is 2.71. The molecule has 2 aromatic rings. The van der Waals surface area contributed by atoms with Crippen LogP contribution in [0.25, 0.3) is 0 Å². The van der Waals surface area contributed by atoms with E-state index >= 15 is 0 Å². The number of rotatable bonds is 2. The van der Waals surface area contributed by atoms with Crippen LogP contribution in [0.3, 0.4) is 0 Å². The molecule has 0 saturated carbocycles. The van der Waals surface area contributed by atoms with Gasteiger partial charge >= 0.3 is 0 Å². The number of fused-ring (bicyclic) bond motifs is 4. The Labute approximate surface area is 134 Å². The fourth-order valence-corrected chi connectivity index (χ4v) is 4.02. The quantitative estimate of drug-likeness (QED) is 0.683. The van der Waals surface area contributed by atoms with Gasteiger partial charge in [-0.15, -0.1) is 11.6 Å². The Morgan fingerprint density at radius 1 is 1.18 bits per heavy atom. The fraction of sp³-hybridized carbons (Fsp3) is 0.389.